The van der Waals surface area contributed by atoms with Crippen molar-refractivity contribution in [3.8, 4) is 0 Å². The normalized spacial score (nSPS) is 30.9. The summed E-state index contributed by atoms with van der Waals surface area (Å²) in [4.78, 5) is 0. The first-order valence-electron chi connectivity index (χ1n) is 5.03. The number of nitrogens with zero attached hydrogens (tertiary/aromatic N) is 2. The summed E-state index contributed by atoms with van der Waals surface area (Å²) in [7, 11) is -0.0269. The van der Waals surface area contributed by atoms with Gasteiger partial charge in [-0.2, -0.15) is 17.0 Å². The lowest BCUT2D eigenvalue weighted by molar-refractivity contribution is 0.205. The molecule has 1 rings (SSSR count). The largest absolute Gasteiger partial charge is 0.281 e. The van der Waals surface area contributed by atoms with Crippen molar-refractivity contribution in [3.05, 3.63) is 0 Å². The second-order valence-electron chi connectivity index (χ2n) is 4.39. The summed E-state index contributed by atoms with van der Waals surface area (Å²) in [6.07, 6.45) is 0.967. The Morgan fingerprint density at radius 3 is 2.21 bits per heavy atom. The SMILES string of the molecule is CC1CCN(S(=O)(=O)N(C)C)CC1C. The van der Waals surface area contributed by atoms with Crippen LogP contribution in [0, 0.1) is 11.8 Å². The number of rotatable bonds is 2. The Bertz CT molecular complexity index is 287. The van der Waals surface area contributed by atoms with Gasteiger partial charge in [0.1, 0.15) is 0 Å². The predicted octanol–water partition coefficient (Wildman–Crippen LogP) is 0.771. The van der Waals surface area contributed by atoms with Gasteiger partial charge < -0.3 is 0 Å². The van der Waals surface area contributed by atoms with Crippen molar-refractivity contribution in [1.29, 1.82) is 0 Å². The molecule has 2 atom stereocenters. The van der Waals surface area contributed by atoms with E-state index in [9.17, 15) is 8.42 Å². The van der Waals surface area contributed by atoms with Crippen LogP contribution in [0.3, 0.4) is 0 Å². The summed E-state index contributed by atoms with van der Waals surface area (Å²) in [5, 5.41) is 0. The summed E-state index contributed by atoms with van der Waals surface area (Å²) < 4.78 is 26.4. The van der Waals surface area contributed by atoms with Crippen LogP contribution in [-0.4, -0.2) is 44.2 Å². The lowest BCUT2D eigenvalue weighted by Gasteiger charge is -2.35. The third-order valence-corrected chi connectivity index (χ3v) is 4.99. The van der Waals surface area contributed by atoms with Crippen LogP contribution < -0.4 is 0 Å². The summed E-state index contributed by atoms with van der Waals surface area (Å²) in [5.41, 5.74) is 0. The van der Waals surface area contributed by atoms with Crippen molar-refractivity contribution in [2.75, 3.05) is 27.2 Å². The second kappa shape index (κ2) is 4.16. The van der Waals surface area contributed by atoms with Gasteiger partial charge in [-0.25, -0.2) is 0 Å². The first-order chi connectivity index (χ1) is 6.35. The molecule has 1 aliphatic rings. The Labute approximate surface area is 87.1 Å². The van der Waals surface area contributed by atoms with Crippen molar-refractivity contribution in [2.24, 2.45) is 11.8 Å². The van der Waals surface area contributed by atoms with E-state index in [2.05, 4.69) is 13.8 Å². The minimum atomic E-state index is -3.19. The zero-order valence-electron chi connectivity index (χ0n) is 9.40. The highest BCUT2D eigenvalue weighted by Gasteiger charge is 2.31. The second-order valence-corrected chi connectivity index (χ2v) is 6.53. The smallest absolute Gasteiger partial charge is 0.195 e. The molecule has 0 radical (unpaired) electrons. The fourth-order valence-corrected chi connectivity index (χ4v) is 2.89. The molecule has 0 bridgehead atoms. The molecular weight excluding hydrogens is 200 g/mol. The quantitative estimate of drug-likeness (QED) is 0.689. The molecule has 0 aromatic rings. The van der Waals surface area contributed by atoms with E-state index in [1.54, 1.807) is 18.4 Å². The molecule has 0 amide bonds. The van der Waals surface area contributed by atoms with Crippen LogP contribution in [0.15, 0.2) is 0 Å². The highest BCUT2D eigenvalue weighted by molar-refractivity contribution is 7.86. The lowest BCUT2D eigenvalue weighted by Crippen LogP contribution is -2.46. The summed E-state index contributed by atoms with van der Waals surface area (Å²) in [6.45, 7) is 5.61. The Hall–Kier alpha value is -0.130. The zero-order valence-corrected chi connectivity index (χ0v) is 10.2. The molecule has 1 heterocycles. The maximum absolute atomic E-state index is 11.8. The molecule has 1 aliphatic heterocycles. The topological polar surface area (TPSA) is 40.6 Å². The minimum Gasteiger partial charge on any atom is -0.195 e. The van der Waals surface area contributed by atoms with E-state index in [1.807, 2.05) is 0 Å². The van der Waals surface area contributed by atoms with Gasteiger partial charge in [-0.1, -0.05) is 13.8 Å². The molecule has 0 N–H and O–H groups in total. The molecule has 0 aliphatic carbocycles. The monoisotopic (exact) mass is 220 g/mol. The van der Waals surface area contributed by atoms with Crippen molar-refractivity contribution in [1.82, 2.24) is 8.61 Å². The number of hydrogen-bond acceptors (Lipinski definition) is 2. The van der Waals surface area contributed by atoms with Gasteiger partial charge in [-0.05, 0) is 18.3 Å². The highest BCUT2D eigenvalue weighted by Crippen LogP contribution is 2.24. The van der Waals surface area contributed by atoms with Gasteiger partial charge in [0.25, 0.3) is 10.2 Å². The molecule has 5 heteroatoms. The van der Waals surface area contributed by atoms with E-state index in [-0.39, 0.29) is 0 Å². The molecule has 4 nitrogen and oxygen atoms in total. The molecule has 84 valence electrons. The summed E-state index contributed by atoms with van der Waals surface area (Å²) >= 11 is 0. The van der Waals surface area contributed by atoms with Crippen LogP contribution in [0.5, 0.6) is 0 Å². The van der Waals surface area contributed by atoms with E-state index in [0.717, 1.165) is 6.42 Å². The maximum atomic E-state index is 11.8. The van der Waals surface area contributed by atoms with Crippen LogP contribution in [0.25, 0.3) is 0 Å². The van der Waals surface area contributed by atoms with Gasteiger partial charge in [-0.3, -0.25) is 0 Å². The van der Waals surface area contributed by atoms with E-state index >= 15 is 0 Å². The lowest BCUT2D eigenvalue weighted by atomic mass is 9.90. The molecule has 1 fully saturated rings. The molecule has 0 aromatic heterocycles. The average Bonchev–Trinajstić information content (AvgIpc) is 2.09. The van der Waals surface area contributed by atoms with Crippen LogP contribution in [-0.2, 0) is 10.2 Å². The van der Waals surface area contributed by atoms with Gasteiger partial charge in [0.15, 0.2) is 0 Å². The molecule has 0 spiro atoms. The van der Waals surface area contributed by atoms with Gasteiger partial charge in [0.05, 0.1) is 0 Å². The molecule has 1 saturated heterocycles. The first kappa shape index (κ1) is 11.9. The minimum absolute atomic E-state index is 0.457. The standard InChI is InChI=1S/C9H20N2O2S/c1-8-5-6-11(7-9(8)2)14(12,13)10(3)4/h8-9H,5-7H2,1-4H3. The Kier molecular flexibility index (Phi) is 3.55. The fraction of sp³-hybridized carbons (Fsp3) is 1.00. The summed E-state index contributed by atoms with van der Waals surface area (Å²) in [5.74, 6) is 1.09. The number of hydrogen-bond donors (Lipinski definition) is 0. The number of piperidine rings is 1. The van der Waals surface area contributed by atoms with Gasteiger partial charge >= 0.3 is 0 Å². The van der Waals surface area contributed by atoms with Crippen LogP contribution >= 0.6 is 0 Å². The molecule has 0 aromatic carbocycles. The predicted molar refractivity (Wildman–Crippen MR) is 57.1 cm³/mol. The molecule has 14 heavy (non-hydrogen) atoms. The highest BCUT2D eigenvalue weighted by atomic mass is 32.2. The van der Waals surface area contributed by atoms with Crippen LogP contribution in [0.4, 0.5) is 0 Å². The molecule has 2 unspecified atom stereocenters. The zero-order chi connectivity index (χ0) is 10.9. The van der Waals surface area contributed by atoms with Crippen molar-refractivity contribution in [3.63, 3.8) is 0 Å². The molecular formula is C9H20N2O2S. The van der Waals surface area contributed by atoms with Gasteiger partial charge in [0.2, 0.25) is 0 Å². The van der Waals surface area contributed by atoms with E-state index < -0.39 is 10.2 Å². The Morgan fingerprint density at radius 1 is 1.21 bits per heavy atom. The van der Waals surface area contributed by atoms with Crippen LogP contribution in [0.2, 0.25) is 0 Å². The summed E-state index contributed by atoms with van der Waals surface area (Å²) in [6, 6.07) is 0. The van der Waals surface area contributed by atoms with Gasteiger partial charge in [-0.15, -0.1) is 0 Å². The van der Waals surface area contributed by atoms with Crippen molar-refractivity contribution < 1.29 is 8.42 Å². The van der Waals surface area contributed by atoms with E-state index in [1.165, 1.54) is 4.31 Å². The fourth-order valence-electron chi connectivity index (χ4n) is 1.67. The third kappa shape index (κ3) is 2.27. The van der Waals surface area contributed by atoms with E-state index in [0.29, 0.717) is 24.9 Å². The average molecular weight is 220 g/mol. The first-order valence-corrected chi connectivity index (χ1v) is 6.43. The maximum Gasteiger partial charge on any atom is 0.281 e. The Balaban J connectivity index is 2.73. The van der Waals surface area contributed by atoms with Crippen molar-refractivity contribution in [2.45, 2.75) is 20.3 Å². The van der Waals surface area contributed by atoms with Crippen molar-refractivity contribution >= 4 is 10.2 Å². The Morgan fingerprint density at radius 2 is 1.79 bits per heavy atom. The van der Waals surface area contributed by atoms with E-state index in [4.69, 9.17) is 0 Å². The third-order valence-electron chi connectivity index (χ3n) is 3.08. The molecule has 0 saturated carbocycles. The van der Waals surface area contributed by atoms with Crippen LogP contribution in [0.1, 0.15) is 20.3 Å². The van der Waals surface area contributed by atoms with Gasteiger partial charge in [0, 0.05) is 27.2 Å².